The van der Waals surface area contributed by atoms with Crippen molar-refractivity contribution in [2.45, 2.75) is 52.6 Å². The molecule has 0 radical (unpaired) electrons. The average Bonchev–Trinajstić information content (AvgIpc) is 2.85. The summed E-state index contributed by atoms with van der Waals surface area (Å²) in [6, 6.07) is 7.32. The lowest BCUT2D eigenvalue weighted by Crippen LogP contribution is -2.21. The highest BCUT2D eigenvalue weighted by atomic mass is 16.5. The zero-order valence-corrected chi connectivity index (χ0v) is 21.8. The molecule has 0 saturated heterocycles. The maximum absolute atomic E-state index is 13.2. The third-order valence-electron chi connectivity index (χ3n) is 6.18. The van der Waals surface area contributed by atoms with Gasteiger partial charge in [0.25, 0.3) is 0 Å². The van der Waals surface area contributed by atoms with Crippen LogP contribution in [0.15, 0.2) is 47.6 Å². The van der Waals surface area contributed by atoms with Crippen LogP contribution in [0, 0.1) is 0 Å². The van der Waals surface area contributed by atoms with Crippen LogP contribution in [0.5, 0.6) is 28.7 Å². The molecule has 1 atom stereocenters. The number of benzene rings is 2. The van der Waals surface area contributed by atoms with E-state index in [1.807, 2.05) is 18.2 Å². The number of methoxy groups -OCH3 is 4. The van der Waals surface area contributed by atoms with E-state index in [-0.39, 0.29) is 12.2 Å². The van der Waals surface area contributed by atoms with E-state index in [2.05, 4.69) is 32.9 Å². The molecule has 6 heteroatoms. The number of rotatable bonds is 10. The number of allylic oxidation sites excluding steroid dienone is 4. The molecule has 0 N–H and O–H groups in total. The van der Waals surface area contributed by atoms with Crippen LogP contribution in [-0.2, 0) is 6.42 Å². The summed E-state index contributed by atoms with van der Waals surface area (Å²) in [5.41, 5.74) is 4.77. The van der Waals surface area contributed by atoms with Gasteiger partial charge in [0.05, 0.1) is 40.4 Å². The summed E-state index contributed by atoms with van der Waals surface area (Å²) in [6.07, 6.45) is 6.76. The predicted molar refractivity (Wildman–Crippen MR) is 138 cm³/mol. The van der Waals surface area contributed by atoms with E-state index in [1.54, 1.807) is 34.5 Å². The lowest BCUT2D eigenvalue weighted by molar-refractivity contribution is 0.0840. The highest BCUT2D eigenvalue weighted by Gasteiger charge is 2.33. The summed E-state index contributed by atoms with van der Waals surface area (Å²) in [5.74, 6) is 2.79. The summed E-state index contributed by atoms with van der Waals surface area (Å²) in [5, 5.41) is 0. The fraction of sp³-hybridized carbons (Fsp3) is 0.414. The second-order valence-corrected chi connectivity index (χ2v) is 8.89. The lowest BCUT2D eigenvalue weighted by atomic mass is 9.93. The van der Waals surface area contributed by atoms with Gasteiger partial charge in [0, 0.05) is 5.56 Å². The molecule has 2 aromatic carbocycles. The molecule has 0 aliphatic carbocycles. The third kappa shape index (κ3) is 5.99. The summed E-state index contributed by atoms with van der Waals surface area (Å²) in [7, 11) is 6.38. The van der Waals surface area contributed by atoms with E-state index in [9.17, 15) is 4.79 Å². The molecule has 0 saturated carbocycles. The van der Waals surface area contributed by atoms with E-state index in [0.29, 0.717) is 40.7 Å². The van der Waals surface area contributed by atoms with Crippen molar-refractivity contribution in [2.24, 2.45) is 0 Å². The molecule has 188 valence electrons. The summed E-state index contributed by atoms with van der Waals surface area (Å²) in [4.78, 5) is 13.2. The number of fused-ring (bicyclic) bond motifs is 1. The molecule has 6 nitrogen and oxygen atoms in total. The van der Waals surface area contributed by atoms with Crippen LogP contribution >= 0.6 is 0 Å². The molecule has 0 amide bonds. The Kier molecular flexibility index (Phi) is 8.85. The van der Waals surface area contributed by atoms with Crippen LogP contribution in [0.3, 0.4) is 0 Å². The number of ketones is 1. The first-order chi connectivity index (χ1) is 16.8. The minimum atomic E-state index is -0.466. The van der Waals surface area contributed by atoms with Crippen molar-refractivity contribution in [1.82, 2.24) is 0 Å². The van der Waals surface area contributed by atoms with Crippen molar-refractivity contribution in [3.05, 3.63) is 64.3 Å². The van der Waals surface area contributed by atoms with Crippen molar-refractivity contribution in [2.75, 3.05) is 28.4 Å². The number of carbonyl (C=O) groups excluding carboxylic acids is 1. The van der Waals surface area contributed by atoms with Gasteiger partial charge in [0.2, 0.25) is 0 Å². The molecule has 2 aromatic rings. The first kappa shape index (κ1) is 26.2. The molecule has 35 heavy (non-hydrogen) atoms. The van der Waals surface area contributed by atoms with Gasteiger partial charge in [-0.15, -0.1) is 0 Å². The minimum absolute atomic E-state index is 0.0253. The smallest absolute Gasteiger partial charge is 0.173 e. The molecule has 1 heterocycles. The fourth-order valence-corrected chi connectivity index (χ4v) is 4.24. The minimum Gasteiger partial charge on any atom is -0.496 e. The Morgan fingerprint density at radius 3 is 2.29 bits per heavy atom. The van der Waals surface area contributed by atoms with Crippen LogP contribution < -0.4 is 23.7 Å². The fourth-order valence-electron chi connectivity index (χ4n) is 4.24. The SMILES string of the molecule is COc1ccc([C@H]2CC(=O)c3cc(OC)c(C/C=C(\C)CCC=C(C)C)c(OC)c3O2)cc1OC. The zero-order chi connectivity index (χ0) is 25.5. The van der Waals surface area contributed by atoms with E-state index >= 15 is 0 Å². The van der Waals surface area contributed by atoms with Crippen LogP contribution in [-0.4, -0.2) is 34.2 Å². The lowest BCUT2D eigenvalue weighted by Gasteiger charge is -2.29. The van der Waals surface area contributed by atoms with Crippen LogP contribution in [0.2, 0.25) is 0 Å². The molecule has 0 fully saturated rings. The molecular weight excluding hydrogens is 444 g/mol. The summed E-state index contributed by atoms with van der Waals surface area (Å²) in [6.45, 7) is 6.35. The Hall–Kier alpha value is -3.41. The van der Waals surface area contributed by atoms with Crippen molar-refractivity contribution in [3.8, 4) is 28.7 Å². The van der Waals surface area contributed by atoms with Gasteiger partial charge in [-0.1, -0.05) is 29.4 Å². The number of ether oxygens (including phenoxy) is 5. The molecular formula is C29H36O6. The highest BCUT2D eigenvalue weighted by molar-refractivity contribution is 6.01. The highest BCUT2D eigenvalue weighted by Crippen LogP contribution is 2.47. The van der Waals surface area contributed by atoms with Gasteiger partial charge in [-0.3, -0.25) is 4.79 Å². The van der Waals surface area contributed by atoms with E-state index < -0.39 is 6.10 Å². The van der Waals surface area contributed by atoms with Crippen LogP contribution in [0.4, 0.5) is 0 Å². The molecule has 0 spiro atoms. The zero-order valence-electron chi connectivity index (χ0n) is 21.8. The molecule has 3 rings (SSSR count). The Balaban J connectivity index is 1.96. The number of carbonyl (C=O) groups is 1. The van der Waals surface area contributed by atoms with Gasteiger partial charge in [-0.25, -0.2) is 0 Å². The topological polar surface area (TPSA) is 63.2 Å². The number of hydrogen-bond acceptors (Lipinski definition) is 6. The maximum atomic E-state index is 13.2. The monoisotopic (exact) mass is 480 g/mol. The Morgan fingerprint density at radius 1 is 0.943 bits per heavy atom. The summed E-state index contributed by atoms with van der Waals surface area (Å²) >= 11 is 0. The maximum Gasteiger partial charge on any atom is 0.173 e. The molecule has 1 aliphatic rings. The van der Waals surface area contributed by atoms with Crippen molar-refractivity contribution >= 4 is 5.78 Å². The summed E-state index contributed by atoms with van der Waals surface area (Å²) < 4.78 is 28.6. The van der Waals surface area contributed by atoms with E-state index in [1.165, 1.54) is 11.1 Å². The second kappa shape index (κ2) is 11.8. The van der Waals surface area contributed by atoms with Crippen molar-refractivity contribution in [3.63, 3.8) is 0 Å². The van der Waals surface area contributed by atoms with Gasteiger partial charge in [0.15, 0.2) is 28.8 Å². The predicted octanol–water partition coefficient (Wildman–Crippen LogP) is 6.66. The van der Waals surface area contributed by atoms with Crippen molar-refractivity contribution < 1.29 is 28.5 Å². The van der Waals surface area contributed by atoms with Gasteiger partial charge >= 0.3 is 0 Å². The quantitative estimate of drug-likeness (QED) is 0.354. The average molecular weight is 481 g/mol. The Morgan fingerprint density at radius 2 is 1.66 bits per heavy atom. The molecule has 1 aliphatic heterocycles. The van der Waals surface area contributed by atoms with Crippen LogP contribution in [0.1, 0.15) is 67.6 Å². The van der Waals surface area contributed by atoms with E-state index in [4.69, 9.17) is 23.7 Å². The van der Waals surface area contributed by atoms with Gasteiger partial charge in [0.1, 0.15) is 11.9 Å². The van der Waals surface area contributed by atoms with Gasteiger partial charge in [-0.2, -0.15) is 0 Å². The first-order valence-electron chi connectivity index (χ1n) is 11.8. The number of Topliss-reactive ketones (excluding diaryl/α,β-unsaturated/α-hetero) is 1. The molecule has 0 bridgehead atoms. The number of hydrogen-bond donors (Lipinski definition) is 0. The standard InChI is InChI=1S/C29H36O6/c1-18(2)9-8-10-19(3)11-13-21-26(32-5)16-22-23(30)17-25(35-29(22)28(21)34-7)20-12-14-24(31-4)27(15-20)33-6/h9,11-12,14-16,25H,8,10,13,17H2,1-7H3/b19-11+/t25-/m1/s1. The largest absolute Gasteiger partial charge is 0.496 e. The first-order valence-corrected chi connectivity index (χ1v) is 11.8. The third-order valence-corrected chi connectivity index (χ3v) is 6.18. The van der Waals surface area contributed by atoms with Gasteiger partial charge < -0.3 is 23.7 Å². The van der Waals surface area contributed by atoms with Crippen LogP contribution in [0.25, 0.3) is 0 Å². The van der Waals surface area contributed by atoms with Gasteiger partial charge in [-0.05, 0) is 63.8 Å². The molecule has 0 aromatic heterocycles. The normalized spacial score (nSPS) is 15.1. The molecule has 0 unspecified atom stereocenters. The Bertz CT molecular complexity index is 1120. The second-order valence-electron chi connectivity index (χ2n) is 8.89. The van der Waals surface area contributed by atoms with E-state index in [0.717, 1.165) is 24.0 Å². The van der Waals surface area contributed by atoms with Crippen molar-refractivity contribution in [1.29, 1.82) is 0 Å². The Labute approximate surface area is 208 Å².